The van der Waals surface area contributed by atoms with Gasteiger partial charge in [-0.1, -0.05) is 25.7 Å². The smallest absolute Gasteiger partial charge is 0.0870 e. The molecule has 0 bridgehead atoms. The van der Waals surface area contributed by atoms with Crippen molar-refractivity contribution in [1.82, 2.24) is 5.43 Å². The molecule has 1 rings (SSSR count). The SMILES string of the molecule is CCOCC(NN)C1(OCC)CCCCCC1. The average Bonchev–Trinajstić information content (AvgIpc) is 2.57. The standard InChI is InChI=1S/C13H28N2O2/c1-3-16-11-12(15-14)13(17-4-2)9-7-5-6-8-10-13/h12,15H,3-11,14H2,1-2H3. The normalized spacial score (nSPS) is 22.1. The second-order valence-corrected chi connectivity index (χ2v) is 4.79. The molecule has 0 saturated heterocycles. The maximum atomic E-state index is 6.08. The molecule has 1 aliphatic rings. The summed E-state index contributed by atoms with van der Waals surface area (Å²) in [6.07, 6.45) is 7.24. The van der Waals surface area contributed by atoms with Gasteiger partial charge in [0, 0.05) is 13.2 Å². The third-order valence-electron chi connectivity index (χ3n) is 3.71. The molecule has 0 radical (unpaired) electrons. The van der Waals surface area contributed by atoms with Gasteiger partial charge >= 0.3 is 0 Å². The number of hydrogen-bond acceptors (Lipinski definition) is 4. The van der Waals surface area contributed by atoms with Crippen molar-refractivity contribution in [2.24, 2.45) is 5.84 Å². The predicted molar refractivity (Wildman–Crippen MR) is 69.7 cm³/mol. The fourth-order valence-electron chi connectivity index (χ4n) is 2.80. The van der Waals surface area contributed by atoms with Gasteiger partial charge in [-0.15, -0.1) is 0 Å². The van der Waals surface area contributed by atoms with Crippen molar-refractivity contribution >= 4 is 0 Å². The minimum Gasteiger partial charge on any atom is -0.380 e. The predicted octanol–water partition coefficient (Wildman–Crippen LogP) is 1.98. The first kappa shape index (κ1) is 14.9. The Kier molecular flexibility index (Phi) is 7.04. The number of ether oxygens (including phenoxy) is 2. The zero-order valence-corrected chi connectivity index (χ0v) is 11.3. The summed E-state index contributed by atoms with van der Waals surface area (Å²) in [4.78, 5) is 0. The van der Waals surface area contributed by atoms with E-state index in [0.29, 0.717) is 6.61 Å². The van der Waals surface area contributed by atoms with Crippen LogP contribution in [0.3, 0.4) is 0 Å². The minimum atomic E-state index is -0.130. The molecule has 17 heavy (non-hydrogen) atoms. The van der Waals surface area contributed by atoms with Crippen molar-refractivity contribution in [3.8, 4) is 0 Å². The summed E-state index contributed by atoms with van der Waals surface area (Å²) in [7, 11) is 0. The van der Waals surface area contributed by atoms with Crippen LogP contribution in [0.15, 0.2) is 0 Å². The van der Waals surface area contributed by atoms with Crippen LogP contribution < -0.4 is 11.3 Å². The Morgan fingerprint density at radius 2 is 1.76 bits per heavy atom. The van der Waals surface area contributed by atoms with Gasteiger partial charge in [-0.3, -0.25) is 11.3 Å². The Morgan fingerprint density at radius 1 is 1.12 bits per heavy atom. The highest BCUT2D eigenvalue weighted by Crippen LogP contribution is 2.33. The highest BCUT2D eigenvalue weighted by atomic mass is 16.5. The zero-order chi connectivity index (χ0) is 12.6. The van der Waals surface area contributed by atoms with Gasteiger partial charge in [0.1, 0.15) is 0 Å². The summed E-state index contributed by atoms with van der Waals surface area (Å²) in [5.74, 6) is 5.70. The first-order valence-electron chi connectivity index (χ1n) is 6.97. The second-order valence-electron chi connectivity index (χ2n) is 4.79. The van der Waals surface area contributed by atoms with Gasteiger partial charge in [0.15, 0.2) is 0 Å². The highest BCUT2D eigenvalue weighted by molar-refractivity contribution is 4.93. The third kappa shape index (κ3) is 4.21. The van der Waals surface area contributed by atoms with Crippen molar-refractivity contribution in [1.29, 1.82) is 0 Å². The van der Waals surface area contributed by atoms with Crippen LogP contribution in [0.25, 0.3) is 0 Å². The summed E-state index contributed by atoms with van der Waals surface area (Å²) >= 11 is 0. The van der Waals surface area contributed by atoms with E-state index in [4.69, 9.17) is 15.3 Å². The van der Waals surface area contributed by atoms with Crippen LogP contribution in [-0.4, -0.2) is 31.5 Å². The van der Waals surface area contributed by atoms with Crippen molar-refractivity contribution in [3.05, 3.63) is 0 Å². The van der Waals surface area contributed by atoms with Crippen molar-refractivity contribution in [2.75, 3.05) is 19.8 Å². The first-order valence-corrected chi connectivity index (χ1v) is 6.97. The van der Waals surface area contributed by atoms with Gasteiger partial charge < -0.3 is 9.47 Å². The molecule has 3 N–H and O–H groups in total. The summed E-state index contributed by atoms with van der Waals surface area (Å²) in [5.41, 5.74) is 2.78. The Labute approximate surface area is 105 Å². The van der Waals surface area contributed by atoms with Gasteiger partial charge in [-0.05, 0) is 26.7 Å². The molecule has 1 atom stereocenters. The van der Waals surface area contributed by atoms with Gasteiger partial charge in [0.25, 0.3) is 0 Å². The number of hydrogen-bond donors (Lipinski definition) is 2. The van der Waals surface area contributed by atoms with Crippen LogP contribution in [0.5, 0.6) is 0 Å². The fraction of sp³-hybridized carbons (Fsp3) is 1.00. The Hall–Kier alpha value is -0.160. The van der Waals surface area contributed by atoms with Crippen LogP contribution in [-0.2, 0) is 9.47 Å². The van der Waals surface area contributed by atoms with Crippen LogP contribution >= 0.6 is 0 Å². The van der Waals surface area contributed by atoms with E-state index >= 15 is 0 Å². The van der Waals surface area contributed by atoms with Crippen molar-refractivity contribution < 1.29 is 9.47 Å². The van der Waals surface area contributed by atoms with Gasteiger partial charge in [-0.2, -0.15) is 0 Å². The summed E-state index contributed by atoms with van der Waals surface area (Å²) in [5, 5.41) is 0. The average molecular weight is 244 g/mol. The largest absolute Gasteiger partial charge is 0.380 e. The lowest BCUT2D eigenvalue weighted by atomic mass is 9.86. The molecular formula is C13H28N2O2. The number of nitrogens with two attached hydrogens (primary N) is 1. The van der Waals surface area contributed by atoms with Gasteiger partial charge in [0.05, 0.1) is 18.2 Å². The highest BCUT2D eigenvalue weighted by Gasteiger charge is 2.39. The lowest BCUT2D eigenvalue weighted by Gasteiger charge is -2.39. The molecule has 0 spiro atoms. The van der Waals surface area contributed by atoms with E-state index in [2.05, 4.69) is 12.3 Å². The number of hydrazine groups is 1. The maximum Gasteiger partial charge on any atom is 0.0870 e. The van der Waals surface area contributed by atoms with E-state index < -0.39 is 0 Å². The Morgan fingerprint density at radius 3 is 2.24 bits per heavy atom. The van der Waals surface area contributed by atoms with Crippen LogP contribution in [0, 0.1) is 0 Å². The molecule has 4 heteroatoms. The third-order valence-corrected chi connectivity index (χ3v) is 3.71. The Bertz CT molecular complexity index is 192. The second kappa shape index (κ2) is 8.03. The molecule has 0 amide bonds. The lowest BCUT2D eigenvalue weighted by molar-refractivity contribution is -0.0933. The molecule has 0 aromatic rings. The molecule has 0 aromatic carbocycles. The topological polar surface area (TPSA) is 56.5 Å². The number of rotatable bonds is 7. The van der Waals surface area contributed by atoms with Crippen molar-refractivity contribution in [2.45, 2.75) is 64.0 Å². The quantitative estimate of drug-likeness (QED) is 0.408. The summed E-state index contributed by atoms with van der Waals surface area (Å²) in [6, 6.07) is 0.0977. The lowest BCUT2D eigenvalue weighted by Crippen LogP contribution is -2.57. The van der Waals surface area contributed by atoms with E-state index in [1.807, 2.05) is 6.92 Å². The van der Waals surface area contributed by atoms with Gasteiger partial charge in [0.2, 0.25) is 0 Å². The maximum absolute atomic E-state index is 6.08. The molecule has 4 nitrogen and oxygen atoms in total. The first-order chi connectivity index (χ1) is 8.29. The van der Waals surface area contributed by atoms with Crippen LogP contribution in [0.2, 0.25) is 0 Å². The molecule has 0 aliphatic heterocycles. The molecule has 1 fully saturated rings. The van der Waals surface area contributed by atoms with E-state index in [-0.39, 0.29) is 11.6 Å². The molecule has 0 heterocycles. The molecule has 1 saturated carbocycles. The number of nitrogens with one attached hydrogen (secondary N) is 1. The molecule has 1 aliphatic carbocycles. The zero-order valence-electron chi connectivity index (χ0n) is 11.3. The summed E-state index contributed by atoms with van der Waals surface area (Å²) < 4.78 is 11.6. The van der Waals surface area contributed by atoms with Crippen LogP contribution in [0.4, 0.5) is 0 Å². The van der Waals surface area contributed by atoms with Crippen LogP contribution in [0.1, 0.15) is 52.4 Å². The monoisotopic (exact) mass is 244 g/mol. The van der Waals surface area contributed by atoms with E-state index in [0.717, 1.165) is 26.1 Å². The van der Waals surface area contributed by atoms with Crippen molar-refractivity contribution in [3.63, 3.8) is 0 Å². The van der Waals surface area contributed by atoms with E-state index in [9.17, 15) is 0 Å². The Balaban J connectivity index is 2.70. The summed E-state index contributed by atoms with van der Waals surface area (Å²) in [6.45, 7) is 6.16. The molecular weight excluding hydrogens is 216 g/mol. The minimum absolute atomic E-state index is 0.0977. The fourth-order valence-corrected chi connectivity index (χ4v) is 2.80. The van der Waals surface area contributed by atoms with E-state index in [1.54, 1.807) is 0 Å². The molecule has 1 unspecified atom stereocenters. The van der Waals surface area contributed by atoms with Gasteiger partial charge in [-0.25, -0.2) is 0 Å². The molecule has 102 valence electrons. The van der Waals surface area contributed by atoms with E-state index in [1.165, 1.54) is 25.7 Å². The molecule has 0 aromatic heterocycles.